The predicted molar refractivity (Wildman–Crippen MR) is 74.9 cm³/mol. The second-order valence-electron chi connectivity index (χ2n) is 3.74. The quantitative estimate of drug-likeness (QED) is 0.819. The van der Waals surface area contributed by atoms with Gasteiger partial charge in [0.15, 0.2) is 0 Å². The predicted octanol–water partition coefficient (Wildman–Crippen LogP) is 4.38. The Kier molecular flexibility index (Phi) is 4.21. The Labute approximate surface area is 117 Å². The third-order valence-electron chi connectivity index (χ3n) is 2.37. The van der Waals surface area contributed by atoms with E-state index >= 15 is 0 Å². The zero-order chi connectivity index (χ0) is 13.8. The van der Waals surface area contributed by atoms with E-state index in [4.69, 9.17) is 5.73 Å². The van der Waals surface area contributed by atoms with E-state index in [2.05, 4.69) is 26.0 Å². The van der Waals surface area contributed by atoms with E-state index in [9.17, 15) is 8.78 Å². The molecule has 2 aromatic carbocycles. The lowest BCUT2D eigenvalue weighted by Gasteiger charge is -2.13. The van der Waals surface area contributed by atoms with Crippen molar-refractivity contribution in [3.63, 3.8) is 0 Å². The number of hydrogen-bond acceptors (Lipinski definition) is 3. The van der Waals surface area contributed by atoms with Gasteiger partial charge in [-0.25, -0.2) is 0 Å². The molecular weight excluding hydrogens is 318 g/mol. The Balaban J connectivity index is 2.27. The Morgan fingerprint density at radius 1 is 1.11 bits per heavy atom. The lowest BCUT2D eigenvalue weighted by molar-refractivity contribution is -0.0493. The van der Waals surface area contributed by atoms with Gasteiger partial charge < -0.3 is 15.8 Å². The first-order valence-corrected chi connectivity index (χ1v) is 6.21. The van der Waals surface area contributed by atoms with E-state index in [1.165, 1.54) is 6.07 Å². The normalized spacial score (nSPS) is 10.5. The van der Waals surface area contributed by atoms with Gasteiger partial charge in [-0.2, -0.15) is 8.78 Å². The van der Waals surface area contributed by atoms with Crippen LogP contribution in [-0.2, 0) is 0 Å². The van der Waals surface area contributed by atoms with Crippen molar-refractivity contribution in [2.24, 2.45) is 0 Å². The average molecular weight is 329 g/mol. The molecule has 3 N–H and O–H groups in total. The number of anilines is 3. The molecule has 0 saturated heterocycles. The molecule has 0 saturated carbocycles. The van der Waals surface area contributed by atoms with Crippen molar-refractivity contribution in [3.05, 3.63) is 46.9 Å². The van der Waals surface area contributed by atoms with Crippen molar-refractivity contribution in [1.82, 2.24) is 0 Å². The topological polar surface area (TPSA) is 47.3 Å². The second-order valence-corrected chi connectivity index (χ2v) is 4.59. The molecule has 0 aliphatic heterocycles. The van der Waals surface area contributed by atoms with Gasteiger partial charge in [0, 0.05) is 10.2 Å². The maximum absolute atomic E-state index is 12.3. The molecule has 0 aromatic heterocycles. The zero-order valence-corrected chi connectivity index (χ0v) is 11.3. The van der Waals surface area contributed by atoms with Crippen molar-refractivity contribution in [2.75, 3.05) is 11.1 Å². The average Bonchev–Trinajstić information content (AvgIpc) is 2.34. The van der Waals surface area contributed by atoms with Crippen molar-refractivity contribution in [1.29, 1.82) is 0 Å². The molecule has 0 amide bonds. The van der Waals surface area contributed by atoms with Crippen LogP contribution in [0.25, 0.3) is 0 Å². The highest BCUT2D eigenvalue weighted by Crippen LogP contribution is 2.32. The summed E-state index contributed by atoms with van der Waals surface area (Å²) in [6.45, 7) is -2.86. The number of nitrogens with one attached hydrogen (secondary N) is 1. The molecule has 2 aromatic rings. The fourth-order valence-electron chi connectivity index (χ4n) is 1.55. The third-order valence-corrected chi connectivity index (χ3v) is 3.02. The first-order valence-electron chi connectivity index (χ1n) is 5.42. The number of halogens is 3. The standard InChI is InChI=1S/C13H11BrF2N2O/c14-9-7-8(17)5-6-10(9)18-11-3-1-2-4-12(11)19-13(15)16/h1-7,13,18H,17H2. The van der Waals surface area contributed by atoms with Gasteiger partial charge in [0.05, 0.1) is 11.4 Å². The maximum atomic E-state index is 12.3. The number of nitrogens with two attached hydrogens (primary N) is 1. The molecule has 6 heteroatoms. The summed E-state index contributed by atoms with van der Waals surface area (Å²) < 4.78 is 29.8. The van der Waals surface area contributed by atoms with Gasteiger partial charge >= 0.3 is 6.61 Å². The molecule has 0 radical (unpaired) electrons. The highest BCUT2D eigenvalue weighted by molar-refractivity contribution is 9.10. The lowest BCUT2D eigenvalue weighted by Crippen LogP contribution is -2.04. The number of nitrogen functional groups attached to an aromatic ring is 1. The first kappa shape index (κ1) is 13.6. The molecule has 2 rings (SSSR count). The van der Waals surface area contributed by atoms with Crippen LogP contribution in [0.15, 0.2) is 46.9 Å². The van der Waals surface area contributed by atoms with Crippen LogP contribution < -0.4 is 15.8 Å². The van der Waals surface area contributed by atoms with Gasteiger partial charge in [-0.05, 0) is 46.3 Å². The van der Waals surface area contributed by atoms with Gasteiger partial charge in [0.25, 0.3) is 0 Å². The highest BCUT2D eigenvalue weighted by atomic mass is 79.9. The number of ether oxygens (including phenoxy) is 1. The Morgan fingerprint density at radius 3 is 2.53 bits per heavy atom. The SMILES string of the molecule is Nc1ccc(Nc2ccccc2OC(F)F)c(Br)c1. The van der Waals surface area contributed by atoms with E-state index in [0.29, 0.717) is 17.1 Å². The van der Waals surface area contributed by atoms with Crippen LogP contribution in [0.4, 0.5) is 25.8 Å². The number of para-hydroxylation sites is 2. The van der Waals surface area contributed by atoms with Crippen LogP contribution in [-0.4, -0.2) is 6.61 Å². The summed E-state index contributed by atoms with van der Waals surface area (Å²) in [4.78, 5) is 0. The summed E-state index contributed by atoms with van der Waals surface area (Å²) in [5.74, 6) is 0.0845. The van der Waals surface area contributed by atoms with Crippen molar-refractivity contribution in [2.45, 2.75) is 6.61 Å². The van der Waals surface area contributed by atoms with E-state index in [1.54, 1.807) is 36.4 Å². The Hall–Kier alpha value is -1.82. The molecule has 0 atom stereocenters. The van der Waals surface area contributed by atoms with E-state index in [0.717, 1.165) is 4.47 Å². The Morgan fingerprint density at radius 2 is 1.84 bits per heavy atom. The maximum Gasteiger partial charge on any atom is 0.387 e. The summed E-state index contributed by atoms with van der Waals surface area (Å²) in [5.41, 5.74) is 7.40. The number of benzene rings is 2. The molecule has 0 bridgehead atoms. The summed E-state index contributed by atoms with van der Waals surface area (Å²) in [5, 5.41) is 3.01. The van der Waals surface area contributed by atoms with E-state index in [-0.39, 0.29) is 5.75 Å². The summed E-state index contributed by atoms with van der Waals surface area (Å²) in [7, 11) is 0. The van der Waals surface area contributed by atoms with Crippen molar-refractivity contribution in [3.8, 4) is 5.75 Å². The molecule has 0 aliphatic rings. The molecule has 0 fully saturated rings. The molecule has 0 unspecified atom stereocenters. The summed E-state index contributed by atoms with van der Waals surface area (Å²) >= 11 is 3.35. The van der Waals surface area contributed by atoms with Crippen LogP contribution in [0.2, 0.25) is 0 Å². The molecule has 0 heterocycles. The monoisotopic (exact) mass is 328 g/mol. The minimum atomic E-state index is -2.86. The van der Waals surface area contributed by atoms with Gasteiger partial charge in [-0.15, -0.1) is 0 Å². The van der Waals surface area contributed by atoms with Crippen LogP contribution >= 0.6 is 15.9 Å². The fourth-order valence-corrected chi connectivity index (χ4v) is 2.04. The van der Waals surface area contributed by atoms with Crippen LogP contribution in [0, 0.1) is 0 Å². The van der Waals surface area contributed by atoms with Gasteiger partial charge in [-0.1, -0.05) is 12.1 Å². The molecule has 0 aliphatic carbocycles. The molecule has 0 spiro atoms. The van der Waals surface area contributed by atoms with Crippen molar-refractivity contribution < 1.29 is 13.5 Å². The lowest BCUT2D eigenvalue weighted by atomic mass is 10.2. The molecule has 100 valence electrons. The smallest absolute Gasteiger partial charge is 0.387 e. The van der Waals surface area contributed by atoms with Crippen LogP contribution in [0.1, 0.15) is 0 Å². The molecular formula is C13H11BrF2N2O. The van der Waals surface area contributed by atoms with Gasteiger partial charge in [0.2, 0.25) is 0 Å². The van der Waals surface area contributed by atoms with Crippen LogP contribution in [0.5, 0.6) is 5.75 Å². The van der Waals surface area contributed by atoms with Gasteiger partial charge in [-0.3, -0.25) is 0 Å². The molecule has 3 nitrogen and oxygen atoms in total. The van der Waals surface area contributed by atoms with Crippen LogP contribution in [0.3, 0.4) is 0 Å². The second kappa shape index (κ2) is 5.88. The number of alkyl halides is 2. The zero-order valence-electron chi connectivity index (χ0n) is 9.74. The Bertz CT molecular complexity index is 578. The minimum Gasteiger partial charge on any atom is -0.433 e. The summed E-state index contributed by atoms with van der Waals surface area (Å²) in [6, 6.07) is 11.7. The van der Waals surface area contributed by atoms with E-state index in [1.807, 2.05) is 0 Å². The summed E-state index contributed by atoms with van der Waals surface area (Å²) in [6.07, 6.45) is 0. The van der Waals surface area contributed by atoms with E-state index < -0.39 is 6.61 Å². The van der Waals surface area contributed by atoms with Gasteiger partial charge in [0.1, 0.15) is 5.75 Å². The minimum absolute atomic E-state index is 0.0845. The number of hydrogen-bond donors (Lipinski definition) is 2. The number of rotatable bonds is 4. The van der Waals surface area contributed by atoms with Crippen molar-refractivity contribution >= 4 is 33.0 Å². The fraction of sp³-hybridized carbons (Fsp3) is 0.0769. The first-order chi connectivity index (χ1) is 9.06. The molecule has 19 heavy (non-hydrogen) atoms. The third kappa shape index (κ3) is 3.57. The largest absolute Gasteiger partial charge is 0.433 e. The highest BCUT2D eigenvalue weighted by Gasteiger charge is 2.10.